The fourth-order valence-electron chi connectivity index (χ4n) is 1.68. The molecule has 0 bridgehead atoms. The molecule has 1 aliphatic heterocycles. The summed E-state index contributed by atoms with van der Waals surface area (Å²) in [4.78, 5) is 0. The molecule has 4 nitrogen and oxygen atoms in total. The summed E-state index contributed by atoms with van der Waals surface area (Å²) >= 11 is 0. The van der Waals surface area contributed by atoms with Crippen molar-refractivity contribution in [1.82, 2.24) is 5.32 Å². The van der Waals surface area contributed by atoms with Gasteiger partial charge in [0.25, 0.3) is 0 Å². The summed E-state index contributed by atoms with van der Waals surface area (Å²) in [6, 6.07) is 0.0903. The lowest BCUT2D eigenvalue weighted by atomic mass is 10.2. The van der Waals surface area contributed by atoms with Gasteiger partial charge in [0.05, 0.1) is 17.6 Å². The maximum Gasteiger partial charge on any atom is 0.151 e. The highest BCUT2D eigenvalue weighted by Gasteiger charge is 2.23. The summed E-state index contributed by atoms with van der Waals surface area (Å²) in [5, 5.41) is 12.2. The average Bonchev–Trinajstić information content (AvgIpc) is 2.01. The van der Waals surface area contributed by atoms with Crippen LogP contribution in [-0.4, -0.2) is 43.7 Å². The topological polar surface area (TPSA) is 66.4 Å². The van der Waals surface area contributed by atoms with Crippen LogP contribution in [0.2, 0.25) is 0 Å². The molecule has 1 aliphatic rings. The second kappa shape index (κ2) is 5.09. The highest BCUT2D eigenvalue weighted by atomic mass is 32.2. The van der Waals surface area contributed by atoms with Crippen molar-refractivity contribution in [1.29, 1.82) is 0 Å². The molecule has 0 aromatic carbocycles. The SMILES string of the molecule is CC(O)CCNC1CCCS(=O)(=O)C1. The quantitative estimate of drug-likeness (QED) is 0.697. The largest absolute Gasteiger partial charge is 0.393 e. The molecule has 14 heavy (non-hydrogen) atoms. The van der Waals surface area contributed by atoms with Gasteiger partial charge in [-0.2, -0.15) is 0 Å². The van der Waals surface area contributed by atoms with Gasteiger partial charge in [-0.25, -0.2) is 8.42 Å². The van der Waals surface area contributed by atoms with Crippen LogP contribution in [0.5, 0.6) is 0 Å². The predicted octanol–water partition coefficient (Wildman–Crippen LogP) is -0.0759. The Kier molecular flexibility index (Phi) is 4.34. The molecule has 0 aromatic rings. The summed E-state index contributed by atoms with van der Waals surface area (Å²) < 4.78 is 22.5. The van der Waals surface area contributed by atoms with Crippen molar-refractivity contribution >= 4 is 9.84 Å². The van der Waals surface area contributed by atoms with Crippen molar-refractivity contribution in [3.8, 4) is 0 Å². The van der Waals surface area contributed by atoms with Crippen LogP contribution in [-0.2, 0) is 9.84 Å². The number of nitrogens with one attached hydrogen (secondary N) is 1. The molecule has 0 aromatic heterocycles. The lowest BCUT2D eigenvalue weighted by Gasteiger charge is -2.23. The fourth-order valence-corrected chi connectivity index (χ4v) is 3.35. The Morgan fingerprint density at radius 2 is 2.29 bits per heavy atom. The summed E-state index contributed by atoms with van der Waals surface area (Å²) in [7, 11) is -2.81. The molecule has 2 N–H and O–H groups in total. The Labute approximate surface area is 85.6 Å². The summed E-state index contributed by atoms with van der Waals surface area (Å²) in [5.74, 6) is 0.592. The van der Waals surface area contributed by atoms with Crippen molar-refractivity contribution < 1.29 is 13.5 Å². The van der Waals surface area contributed by atoms with Crippen LogP contribution in [0.15, 0.2) is 0 Å². The predicted molar refractivity (Wildman–Crippen MR) is 56.0 cm³/mol. The Bertz CT molecular complexity index is 261. The maximum absolute atomic E-state index is 11.3. The standard InChI is InChI=1S/C9H19NO3S/c1-8(11)4-5-10-9-3-2-6-14(12,13)7-9/h8-11H,2-7H2,1H3. The zero-order valence-corrected chi connectivity index (χ0v) is 9.39. The lowest BCUT2D eigenvalue weighted by molar-refractivity contribution is 0.182. The van der Waals surface area contributed by atoms with E-state index in [0.29, 0.717) is 18.7 Å². The molecule has 0 radical (unpaired) electrons. The molecule has 1 rings (SSSR count). The molecular formula is C9H19NO3S. The van der Waals surface area contributed by atoms with Crippen molar-refractivity contribution in [3.63, 3.8) is 0 Å². The van der Waals surface area contributed by atoms with Crippen LogP contribution in [0, 0.1) is 0 Å². The van der Waals surface area contributed by atoms with Gasteiger partial charge in [0.15, 0.2) is 9.84 Å². The number of sulfone groups is 1. The molecule has 0 saturated carbocycles. The summed E-state index contributed by atoms with van der Waals surface area (Å²) in [5.41, 5.74) is 0. The average molecular weight is 221 g/mol. The number of hydrogen-bond donors (Lipinski definition) is 2. The second-order valence-corrected chi connectivity index (χ2v) is 6.27. The molecule has 0 spiro atoms. The number of aliphatic hydroxyl groups is 1. The fraction of sp³-hybridized carbons (Fsp3) is 1.00. The van der Waals surface area contributed by atoms with E-state index in [1.165, 1.54) is 0 Å². The van der Waals surface area contributed by atoms with E-state index in [0.717, 1.165) is 12.8 Å². The molecule has 0 amide bonds. The highest BCUT2D eigenvalue weighted by Crippen LogP contribution is 2.11. The van der Waals surface area contributed by atoms with Gasteiger partial charge in [-0.15, -0.1) is 0 Å². The van der Waals surface area contributed by atoms with Gasteiger partial charge < -0.3 is 10.4 Å². The van der Waals surface area contributed by atoms with Gasteiger partial charge in [0.2, 0.25) is 0 Å². The molecule has 1 saturated heterocycles. The minimum absolute atomic E-state index is 0.0903. The number of rotatable bonds is 4. The maximum atomic E-state index is 11.3. The van der Waals surface area contributed by atoms with Crippen LogP contribution in [0.3, 0.4) is 0 Å². The van der Waals surface area contributed by atoms with E-state index in [1.807, 2.05) is 0 Å². The first kappa shape index (κ1) is 11.9. The molecule has 1 heterocycles. The minimum atomic E-state index is -2.81. The molecule has 2 unspecified atom stereocenters. The third kappa shape index (κ3) is 4.39. The number of hydrogen-bond acceptors (Lipinski definition) is 4. The number of aliphatic hydroxyl groups excluding tert-OH is 1. The van der Waals surface area contributed by atoms with Gasteiger partial charge in [-0.3, -0.25) is 0 Å². The Balaban J connectivity index is 2.25. The molecule has 0 aliphatic carbocycles. The van der Waals surface area contributed by atoms with Gasteiger partial charge >= 0.3 is 0 Å². The minimum Gasteiger partial charge on any atom is -0.393 e. The van der Waals surface area contributed by atoms with Crippen molar-refractivity contribution in [2.24, 2.45) is 0 Å². The third-order valence-corrected chi connectivity index (χ3v) is 4.28. The monoisotopic (exact) mass is 221 g/mol. The van der Waals surface area contributed by atoms with E-state index in [-0.39, 0.29) is 17.9 Å². The first-order valence-corrected chi connectivity index (χ1v) is 6.93. The summed E-state index contributed by atoms with van der Waals surface area (Å²) in [6.07, 6.45) is 2.05. The molecule has 84 valence electrons. The lowest BCUT2D eigenvalue weighted by Crippen LogP contribution is -2.41. The van der Waals surface area contributed by atoms with Crippen LogP contribution in [0.25, 0.3) is 0 Å². The van der Waals surface area contributed by atoms with Crippen LogP contribution in [0.1, 0.15) is 26.2 Å². The van der Waals surface area contributed by atoms with Gasteiger partial charge in [-0.1, -0.05) is 0 Å². The normalized spacial score (nSPS) is 28.6. The van der Waals surface area contributed by atoms with Crippen LogP contribution >= 0.6 is 0 Å². The van der Waals surface area contributed by atoms with E-state index < -0.39 is 9.84 Å². The summed E-state index contributed by atoms with van der Waals surface area (Å²) in [6.45, 7) is 2.43. The zero-order valence-electron chi connectivity index (χ0n) is 8.57. The van der Waals surface area contributed by atoms with E-state index in [9.17, 15) is 8.42 Å². The Morgan fingerprint density at radius 3 is 2.86 bits per heavy atom. The van der Waals surface area contributed by atoms with E-state index >= 15 is 0 Å². The highest BCUT2D eigenvalue weighted by molar-refractivity contribution is 7.91. The van der Waals surface area contributed by atoms with Crippen molar-refractivity contribution in [2.75, 3.05) is 18.1 Å². The Hall–Kier alpha value is -0.130. The zero-order chi connectivity index (χ0) is 10.6. The molecular weight excluding hydrogens is 202 g/mol. The van der Waals surface area contributed by atoms with Gasteiger partial charge in [0, 0.05) is 6.04 Å². The second-order valence-electron chi connectivity index (χ2n) is 4.05. The molecule has 2 atom stereocenters. The smallest absolute Gasteiger partial charge is 0.151 e. The third-order valence-electron chi connectivity index (χ3n) is 2.46. The van der Waals surface area contributed by atoms with Gasteiger partial charge in [-0.05, 0) is 32.7 Å². The van der Waals surface area contributed by atoms with Crippen LogP contribution < -0.4 is 5.32 Å². The molecule has 5 heteroatoms. The van der Waals surface area contributed by atoms with E-state index in [1.54, 1.807) is 6.92 Å². The van der Waals surface area contributed by atoms with Gasteiger partial charge in [0.1, 0.15) is 0 Å². The first-order valence-electron chi connectivity index (χ1n) is 5.11. The molecule has 1 fully saturated rings. The van der Waals surface area contributed by atoms with Crippen LogP contribution in [0.4, 0.5) is 0 Å². The first-order chi connectivity index (χ1) is 6.49. The van der Waals surface area contributed by atoms with Crippen molar-refractivity contribution in [2.45, 2.75) is 38.3 Å². The van der Waals surface area contributed by atoms with E-state index in [4.69, 9.17) is 5.11 Å². The van der Waals surface area contributed by atoms with E-state index in [2.05, 4.69) is 5.32 Å². The Morgan fingerprint density at radius 1 is 1.57 bits per heavy atom. The van der Waals surface area contributed by atoms with Crippen molar-refractivity contribution in [3.05, 3.63) is 0 Å².